The largest absolute Gasteiger partial charge is 0.464 e. The van der Waals surface area contributed by atoms with Gasteiger partial charge in [-0.2, -0.15) is 13.2 Å². The average Bonchev–Trinajstić information content (AvgIpc) is 3.29. The molecular formula is C27H29F3N4O2. The van der Waals surface area contributed by atoms with E-state index in [0.29, 0.717) is 25.3 Å². The van der Waals surface area contributed by atoms with E-state index >= 15 is 0 Å². The smallest absolute Gasteiger partial charge is 0.433 e. The predicted octanol–water partition coefficient (Wildman–Crippen LogP) is 5.23. The Morgan fingerprint density at radius 2 is 1.86 bits per heavy atom. The van der Waals surface area contributed by atoms with Crippen molar-refractivity contribution < 1.29 is 22.4 Å². The molecular weight excluding hydrogens is 469 g/mol. The van der Waals surface area contributed by atoms with Crippen molar-refractivity contribution in [3.8, 4) is 11.3 Å². The third-order valence-electron chi connectivity index (χ3n) is 7.21. The van der Waals surface area contributed by atoms with Crippen LogP contribution in [0.1, 0.15) is 37.6 Å². The van der Waals surface area contributed by atoms with Gasteiger partial charge in [-0.25, -0.2) is 4.98 Å². The lowest BCUT2D eigenvalue weighted by molar-refractivity contribution is -0.141. The van der Waals surface area contributed by atoms with E-state index in [1.807, 2.05) is 54.0 Å². The van der Waals surface area contributed by atoms with Gasteiger partial charge >= 0.3 is 6.18 Å². The molecule has 0 spiro atoms. The van der Waals surface area contributed by atoms with Crippen LogP contribution in [0.15, 0.2) is 65.4 Å². The second kappa shape index (κ2) is 9.61. The third-order valence-corrected chi connectivity index (χ3v) is 7.21. The number of piperazine rings is 1. The number of carbonyl (C=O) groups excluding carboxylic acids is 1. The second-order valence-electron chi connectivity index (χ2n) is 9.63. The third kappa shape index (κ3) is 4.72. The first-order valence-corrected chi connectivity index (χ1v) is 12.2. The van der Waals surface area contributed by atoms with Gasteiger partial charge in [0.2, 0.25) is 5.91 Å². The van der Waals surface area contributed by atoms with Gasteiger partial charge < -0.3 is 14.2 Å². The molecule has 190 valence electrons. The Hall–Kier alpha value is -3.33. The number of halogens is 3. The van der Waals surface area contributed by atoms with Crippen molar-refractivity contribution >= 4 is 11.6 Å². The Labute approximate surface area is 208 Å². The molecule has 9 heteroatoms. The van der Waals surface area contributed by atoms with Gasteiger partial charge in [-0.05, 0) is 44.5 Å². The summed E-state index contributed by atoms with van der Waals surface area (Å²) in [5, 5.41) is 0. The van der Waals surface area contributed by atoms with E-state index in [1.54, 1.807) is 6.26 Å². The zero-order valence-corrected chi connectivity index (χ0v) is 20.3. The normalized spacial score (nSPS) is 23.4. The molecule has 1 unspecified atom stereocenters. The number of rotatable bonds is 4. The van der Waals surface area contributed by atoms with E-state index in [1.165, 1.54) is 12.3 Å². The van der Waals surface area contributed by atoms with Crippen LogP contribution in [-0.2, 0) is 11.0 Å². The molecule has 0 N–H and O–H groups in total. The molecule has 4 heterocycles. The van der Waals surface area contributed by atoms with Gasteiger partial charge in [-0.15, -0.1) is 0 Å². The number of alkyl halides is 3. The Bertz CT molecular complexity index is 1190. The fourth-order valence-corrected chi connectivity index (χ4v) is 5.38. The van der Waals surface area contributed by atoms with Crippen molar-refractivity contribution in [1.82, 2.24) is 14.8 Å². The number of anilines is 1. The lowest BCUT2D eigenvalue weighted by Gasteiger charge is -2.46. The molecule has 0 radical (unpaired) electrons. The summed E-state index contributed by atoms with van der Waals surface area (Å²) >= 11 is 0. The average molecular weight is 499 g/mol. The van der Waals surface area contributed by atoms with Gasteiger partial charge in [-0.3, -0.25) is 9.69 Å². The minimum atomic E-state index is -4.46. The summed E-state index contributed by atoms with van der Waals surface area (Å²) in [6.45, 7) is 6.11. The summed E-state index contributed by atoms with van der Waals surface area (Å²) < 4.78 is 44.4. The van der Waals surface area contributed by atoms with Crippen molar-refractivity contribution in [2.24, 2.45) is 0 Å². The molecule has 0 bridgehead atoms. The summed E-state index contributed by atoms with van der Waals surface area (Å²) in [5.41, 5.74) is 1.79. The van der Waals surface area contributed by atoms with E-state index in [4.69, 9.17) is 4.42 Å². The molecule has 5 rings (SSSR count). The highest BCUT2D eigenvalue weighted by molar-refractivity contribution is 5.80. The van der Waals surface area contributed by atoms with Crippen LogP contribution in [0.4, 0.5) is 18.9 Å². The van der Waals surface area contributed by atoms with Crippen molar-refractivity contribution in [2.75, 3.05) is 31.1 Å². The van der Waals surface area contributed by atoms with Gasteiger partial charge in [-0.1, -0.05) is 24.3 Å². The summed E-state index contributed by atoms with van der Waals surface area (Å²) in [6.07, 6.45) is 3.35. The van der Waals surface area contributed by atoms with Gasteiger partial charge in [0.05, 0.1) is 30.7 Å². The molecule has 0 aromatic carbocycles. The van der Waals surface area contributed by atoms with Crippen LogP contribution in [0.25, 0.3) is 11.3 Å². The molecule has 4 aliphatic rings. The lowest BCUT2D eigenvalue weighted by Crippen LogP contribution is -2.59. The SMILES string of the molecule is C[C@@H]1CN(c2ccc(C(F)(F)F)nc2)C[C@H](C)N1CC(=O)N1CC=CCC1c1ccc2cccoc1-2. The zero-order chi connectivity index (χ0) is 25.4. The minimum absolute atomic E-state index is 0.0357. The fraction of sp³-hybridized carbons (Fsp3) is 0.407. The topological polar surface area (TPSA) is 52.8 Å². The van der Waals surface area contributed by atoms with Crippen molar-refractivity contribution in [1.29, 1.82) is 0 Å². The van der Waals surface area contributed by atoms with Crippen LogP contribution in [0.5, 0.6) is 0 Å². The Kier molecular flexibility index (Phi) is 6.51. The van der Waals surface area contributed by atoms with E-state index in [-0.39, 0.29) is 30.6 Å². The highest BCUT2D eigenvalue weighted by Crippen LogP contribution is 2.38. The predicted molar refractivity (Wildman–Crippen MR) is 131 cm³/mol. The fourth-order valence-electron chi connectivity index (χ4n) is 5.38. The van der Waals surface area contributed by atoms with Crippen LogP contribution in [0.3, 0.4) is 0 Å². The second-order valence-corrected chi connectivity index (χ2v) is 9.63. The lowest BCUT2D eigenvalue weighted by atomic mass is 9.99. The zero-order valence-electron chi connectivity index (χ0n) is 20.3. The van der Waals surface area contributed by atoms with Crippen LogP contribution in [0.2, 0.25) is 0 Å². The van der Waals surface area contributed by atoms with Crippen LogP contribution in [0, 0.1) is 0 Å². The van der Waals surface area contributed by atoms with Gasteiger partial charge in [0.1, 0.15) is 11.5 Å². The highest BCUT2D eigenvalue weighted by atomic mass is 19.4. The number of aromatic nitrogens is 1. The molecule has 0 saturated carbocycles. The molecule has 1 aliphatic carbocycles. The van der Waals surface area contributed by atoms with E-state index in [2.05, 4.69) is 16.0 Å². The van der Waals surface area contributed by atoms with Crippen LogP contribution in [-0.4, -0.2) is 59.0 Å². The first kappa shape index (κ1) is 24.4. The Balaban J connectivity index is 1.27. The highest BCUT2D eigenvalue weighted by Gasteiger charge is 2.36. The maximum absolute atomic E-state index is 13.6. The maximum Gasteiger partial charge on any atom is 0.433 e. The monoisotopic (exact) mass is 498 g/mol. The molecule has 3 atom stereocenters. The van der Waals surface area contributed by atoms with Crippen molar-refractivity contribution in [3.63, 3.8) is 0 Å². The Morgan fingerprint density at radius 1 is 1.08 bits per heavy atom. The molecule has 3 aliphatic heterocycles. The number of amides is 1. The van der Waals surface area contributed by atoms with Gasteiger partial charge in [0.15, 0.2) is 0 Å². The first-order chi connectivity index (χ1) is 17.2. The number of hydrogen-bond acceptors (Lipinski definition) is 5. The number of pyridine rings is 1. The first-order valence-electron chi connectivity index (χ1n) is 12.2. The summed E-state index contributed by atoms with van der Waals surface area (Å²) in [6, 6.07) is 10.4. The molecule has 1 fully saturated rings. The van der Waals surface area contributed by atoms with Crippen LogP contribution < -0.4 is 4.90 Å². The standard InChI is InChI=1S/C27H29F3N4O2/c1-18-15-32(21-9-11-24(31-14-21)27(28,29)30)16-19(2)34(18)17-25(35)33-12-4-3-7-23(33)22-10-8-20-6-5-13-36-26(20)22/h3-6,8-11,13-14,18-19,23H,7,12,15-17H2,1-2H3/t18-,19+,23?. The molecule has 1 saturated heterocycles. The van der Waals surface area contributed by atoms with Gasteiger partial charge in [0.25, 0.3) is 0 Å². The molecule has 1 amide bonds. The van der Waals surface area contributed by atoms with Crippen molar-refractivity contribution in [2.45, 2.75) is 44.6 Å². The van der Waals surface area contributed by atoms with E-state index in [0.717, 1.165) is 29.4 Å². The number of nitrogens with zero attached hydrogens (tertiary/aromatic N) is 4. The van der Waals surface area contributed by atoms with E-state index in [9.17, 15) is 18.0 Å². The molecule has 1 aromatic heterocycles. The summed E-state index contributed by atoms with van der Waals surface area (Å²) in [7, 11) is 0. The Morgan fingerprint density at radius 3 is 2.56 bits per heavy atom. The maximum atomic E-state index is 13.6. The minimum Gasteiger partial charge on any atom is -0.464 e. The number of carbonyl (C=O) groups is 1. The summed E-state index contributed by atoms with van der Waals surface area (Å²) in [5.74, 6) is 0.870. The molecule has 6 nitrogen and oxygen atoms in total. The molecule has 36 heavy (non-hydrogen) atoms. The quantitative estimate of drug-likeness (QED) is 0.462. The summed E-state index contributed by atoms with van der Waals surface area (Å²) in [4.78, 5) is 23.3. The van der Waals surface area contributed by atoms with Gasteiger partial charge in [0, 0.05) is 42.8 Å². The van der Waals surface area contributed by atoms with Crippen molar-refractivity contribution in [3.05, 3.63) is 72.3 Å². The number of fused-ring (bicyclic) bond motifs is 1. The molecule has 1 aromatic rings. The number of hydrogen-bond donors (Lipinski definition) is 0. The van der Waals surface area contributed by atoms with E-state index < -0.39 is 11.9 Å². The van der Waals surface area contributed by atoms with Crippen LogP contribution >= 0.6 is 0 Å².